The summed E-state index contributed by atoms with van der Waals surface area (Å²) in [5.74, 6) is -1.34. The molecule has 9 nitrogen and oxygen atoms in total. The van der Waals surface area contributed by atoms with Crippen molar-refractivity contribution in [3.63, 3.8) is 0 Å². The second-order valence-electron chi connectivity index (χ2n) is 11.0. The average molecular weight is 579 g/mol. The summed E-state index contributed by atoms with van der Waals surface area (Å²) in [5.41, 5.74) is 0. The van der Waals surface area contributed by atoms with Crippen LogP contribution in [0.2, 0.25) is 0 Å². The zero-order valence-corrected chi connectivity index (χ0v) is 24.7. The molecule has 0 aromatic heterocycles. The van der Waals surface area contributed by atoms with Crippen LogP contribution in [0.25, 0.3) is 0 Å². The minimum atomic E-state index is -0.405. The molecule has 0 aliphatic heterocycles. The summed E-state index contributed by atoms with van der Waals surface area (Å²) in [4.78, 5) is 47.1. The van der Waals surface area contributed by atoms with E-state index >= 15 is 0 Å². The van der Waals surface area contributed by atoms with Gasteiger partial charge in [0.15, 0.2) is 0 Å². The van der Waals surface area contributed by atoms with E-state index in [2.05, 4.69) is 13.2 Å². The van der Waals surface area contributed by atoms with Crippen LogP contribution in [-0.4, -0.2) is 62.5 Å². The summed E-state index contributed by atoms with van der Waals surface area (Å²) in [6.07, 6.45) is 15.9. The van der Waals surface area contributed by atoms with E-state index in [1.165, 1.54) is 6.08 Å². The Kier molecular flexibility index (Phi) is 17.8. The van der Waals surface area contributed by atoms with Crippen molar-refractivity contribution in [2.75, 3.05) is 26.4 Å². The molecule has 0 saturated heterocycles. The van der Waals surface area contributed by atoms with E-state index in [-0.39, 0.29) is 42.0 Å². The lowest BCUT2D eigenvalue weighted by molar-refractivity contribution is -0.161. The van der Waals surface area contributed by atoms with Crippen molar-refractivity contribution in [3.05, 3.63) is 25.3 Å². The first kappa shape index (κ1) is 34.5. The Morgan fingerprint density at radius 3 is 1.41 bits per heavy atom. The van der Waals surface area contributed by atoms with E-state index in [4.69, 9.17) is 23.7 Å². The van der Waals surface area contributed by atoms with Crippen molar-refractivity contribution < 1.29 is 42.9 Å². The molecule has 41 heavy (non-hydrogen) atoms. The van der Waals surface area contributed by atoms with Gasteiger partial charge in [0.1, 0.15) is 6.10 Å². The van der Waals surface area contributed by atoms with Crippen molar-refractivity contribution >= 4 is 23.9 Å². The number of hydrogen-bond donors (Lipinski definition) is 0. The van der Waals surface area contributed by atoms with E-state index in [1.54, 1.807) is 0 Å². The third kappa shape index (κ3) is 15.2. The molecule has 0 atom stereocenters. The van der Waals surface area contributed by atoms with Crippen LogP contribution < -0.4 is 0 Å². The van der Waals surface area contributed by atoms with Crippen LogP contribution in [0.15, 0.2) is 25.3 Å². The number of hydrogen-bond acceptors (Lipinski definition) is 9. The zero-order valence-electron chi connectivity index (χ0n) is 24.7. The number of ether oxygens (including phenoxy) is 5. The van der Waals surface area contributed by atoms with Crippen LogP contribution in [0, 0.1) is 11.8 Å². The lowest BCUT2D eigenvalue weighted by Crippen LogP contribution is -2.33. The number of unbranched alkanes of at least 4 members (excludes halogenated alkanes) is 6. The van der Waals surface area contributed by atoms with Crippen molar-refractivity contribution in [3.8, 4) is 0 Å². The molecule has 0 bridgehead atoms. The lowest BCUT2D eigenvalue weighted by Gasteiger charge is -2.31. The number of esters is 4. The summed E-state index contributed by atoms with van der Waals surface area (Å²) in [5, 5.41) is 0. The number of carbonyl (C=O) groups excluding carboxylic acids is 4. The van der Waals surface area contributed by atoms with Gasteiger partial charge in [0, 0.05) is 18.8 Å². The predicted molar refractivity (Wildman–Crippen MR) is 154 cm³/mol. The highest BCUT2D eigenvalue weighted by Gasteiger charge is 2.33. The first-order valence-electron chi connectivity index (χ1n) is 15.5. The molecule has 2 fully saturated rings. The van der Waals surface area contributed by atoms with Gasteiger partial charge in [0.2, 0.25) is 0 Å². The molecule has 2 aliphatic carbocycles. The maximum absolute atomic E-state index is 12.7. The van der Waals surface area contributed by atoms with Crippen LogP contribution in [0.5, 0.6) is 0 Å². The van der Waals surface area contributed by atoms with Crippen LogP contribution in [-0.2, 0) is 42.9 Å². The molecular formula is C32H50O9. The molecule has 2 aliphatic rings. The molecule has 0 unspecified atom stereocenters. The topological polar surface area (TPSA) is 114 Å². The second-order valence-corrected chi connectivity index (χ2v) is 11.0. The summed E-state index contributed by atoms with van der Waals surface area (Å²) in [7, 11) is 0. The maximum atomic E-state index is 12.7. The van der Waals surface area contributed by atoms with Gasteiger partial charge < -0.3 is 23.7 Å². The highest BCUT2D eigenvalue weighted by molar-refractivity contribution is 5.81. The molecular weight excluding hydrogens is 528 g/mol. The van der Waals surface area contributed by atoms with Crippen LogP contribution in [0.4, 0.5) is 0 Å². The molecule has 9 heteroatoms. The molecule has 0 aromatic carbocycles. The normalized spacial score (nSPS) is 22.2. The van der Waals surface area contributed by atoms with Gasteiger partial charge in [0.25, 0.3) is 0 Å². The van der Waals surface area contributed by atoms with Gasteiger partial charge >= 0.3 is 23.9 Å². The zero-order chi connectivity index (χ0) is 29.7. The monoisotopic (exact) mass is 578 g/mol. The van der Waals surface area contributed by atoms with Crippen molar-refractivity contribution in [1.29, 1.82) is 0 Å². The maximum Gasteiger partial charge on any atom is 0.330 e. The smallest absolute Gasteiger partial charge is 0.330 e. The number of rotatable bonds is 20. The van der Waals surface area contributed by atoms with Gasteiger partial charge in [-0.2, -0.15) is 0 Å². The fourth-order valence-corrected chi connectivity index (χ4v) is 5.26. The Morgan fingerprint density at radius 1 is 0.512 bits per heavy atom. The molecule has 2 rings (SSSR count). The summed E-state index contributed by atoms with van der Waals surface area (Å²) in [6.45, 7) is 8.67. The van der Waals surface area contributed by atoms with E-state index in [1.807, 2.05) is 0 Å². The lowest BCUT2D eigenvalue weighted by atomic mass is 9.82. The highest BCUT2D eigenvalue weighted by Crippen LogP contribution is 2.32. The number of carbonyl (C=O) groups is 4. The van der Waals surface area contributed by atoms with E-state index in [0.29, 0.717) is 45.5 Å². The Bertz CT molecular complexity index is 808. The molecule has 0 heterocycles. The minimum Gasteiger partial charge on any atom is -0.465 e. The van der Waals surface area contributed by atoms with E-state index in [9.17, 15) is 19.2 Å². The standard InChI is InChI=1S/C32H50O9/c1-3-29(33)38-22-10-6-5-9-21-37-27-17-19-28(20-18-27)41-32(36)26-15-13-25(14-16-26)31(35)40-24-12-8-7-11-23-39-30(34)4-2/h3-4,25-28H,1-2,5-24H2. The Balaban J connectivity index is 1.46. The SMILES string of the molecule is C=CC(=O)OCCCCCCOC(=O)C1CCC(C(=O)OC2CCC(OCCCCCCOC(=O)C=C)CC2)CC1. The Hall–Kier alpha value is -2.68. The fourth-order valence-electron chi connectivity index (χ4n) is 5.26. The first-order valence-corrected chi connectivity index (χ1v) is 15.5. The largest absolute Gasteiger partial charge is 0.465 e. The summed E-state index contributed by atoms with van der Waals surface area (Å²) < 4.78 is 27.2. The summed E-state index contributed by atoms with van der Waals surface area (Å²) >= 11 is 0. The first-order chi connectivity index (χ1) is 19.9. The van der Waals surface area contributed by atoms with E-state index < -0.39 is 5.97 Å². The third-order valence-electron chi connectivity index (χ3n) is 7.80. The molecule has 0 amide bonds. The molecule has 232 valence electrons. The highest BCUT2D eigenvalue weighted by atomic mass is 16.5. The van der Waals surface area contributed by atoms with Crippen LogP contribution in [0.1, 0.15) is 103 Å². The van der Waals surface area contributed by atoms with Crippen molar-refractivity contribution in [1.82, 2.24) is 0 Å². The Morgan fingerprint density at radius 2 is 0.927 bits per heavy atom. The molecule has 0 radical (unpaired) electrons. The van der Waals surface area contributed by atoms with Crippen molar-refractivity contribution in [2.45, 2.75) is 115 Å². The summed E-state index contributed by atoms with van der Waals surface area (Å²) in [6, 6.07) is 0. The second kappa shape index (κ2) is 21.1. The molecule has 0 aromatic rings. The predicted octanol–water partition coefficient (Wildman–Crippen LogP) is 5.79. The molecule has 0 N–H and O–H groups in total. The van der Waals surface area contributed by atoms with Gasteiger partial charge in [-0.3, -0.25) is 9.59 Å². The average Bonchev–Trinajstić information content (AvgIpc) is 3.00. The van der Waals surface area contributed by atoms with Gasteiger partial charge in [-0.15, -0.1) is 0 Å². The minimum absolute atomic E-state index is 0.0441. The van der Waals surface area contributed by atoms with Crippen LogP contribution in [0.3, 0.4) is 0 Å². The molecule has 2 saturated carbocycles. The third-order valence-corrected chi connectivity index (χ3v) is 7.80. The fraction of sp³-hybridized carbons (Fsp3) is 0.750. The van der Waals surface area contributed by atoms with Gasteiger partial charge in [-0.25, -0.2) is 9.59 Å². The van der Waals surface area contributed by atoms with E-state index in [0.717, 1.165) is 89.7 Å². The van der Waals surface area contributed by atoms with Gasteiger partial charge in [-0.1, -0.05) is 19.6 Å². The van der Waals surface area contributed by atoms with Crippen LogP contribution >= 0.6 is 0 Å². The van der Waals surface area contributed by atoms with Gasteiger partial charge in [-0.05, 0) is 96.3 Å². The Labute approximate surface area is 245 Å². The quantitative estimate of drug-likeness (QED) is 0.0767. The van der Waals surface area contributed by atoms with Crippen molar-refractivity contribution in [2.24, 2.45) is 11.8 Å². The molecule has 0 spiro atoms. The van der Waals surface area contributed by atoms with Gasteiger partial charge in [0.05, 0.1) is 37.8 Å².